The number of hydrogen-bond donors (Lipinski definition) is 0. The number of fused-ring (bicyclic) bond motifs is 1. The minimum atomic E-state index is -0.664. The zero-order chi connectivity index (χ0) is 22.6. The summed E-state index contributed by atoms with van der Waals surface area (Å²) in [5.41, 5.74) is 3.34. The van der Waals surface area contributed by atoms with E-state index in [9.17, 15) is 8.78 Å². The summed E-state index contributed by atoms with van der Waals surface area (Å²) in [6.07, 6.45) is 0. The molecule has 6 heteroatoms. The van der Waals surface area contributed by atoms with Crippen LogP contribution in [0.3, 0.4) is 0 Å². The highest BCUT2D eigenvalue weighted by molar-refractivity contribution is 8.76. The summed E-state index contributed by atoms with van der Waals surface area (Å²) >= 11 is 0. The highest BCUT2D eigenvalue weighted by Gasteiger charge is 2.26. The molecule has 2 nitrogen and oxygen atoms in total. The van der Waals surface area contributed by atoms with E-state index < -0.39 is 11.6 Å². The first-order chi connectivity index (χ1) is 16.2. The second-order valence-electron chi connectivity index (χ2n) is 7.76. The van der Waals surface area contributed by atoms with Crippen LogP contribution in [0.5, 0.6) is 0 Å². The fourth-order valence-corrected chi connectivity index (χ4v) is 6.02. The van der Waals surface area contributed by atoms with Gasteiger partial charge in [0, 0.05) is 11.5 Å². The molecular formula is C27H21F2NOS2. The number of halogens is 2. The van der Waals surface area contributed by atoms with Crippen LogP contribution < -0.4 is 0 Å². The average Bonchev–Trinajstić information content (AvgIpc) is 3.32. The second kappa shape index (κ2) is 9.98. The van der Waals surface area contributed by atoms with Gasteiger partial charge >= 0.3 is 0 Å². The predicted molar refractivity (Wildman–Crippen MR) is 135 cm³/mol. The molecule has 4 aromatic carbocycles. The largest absolute Gasteiger partial charge is 0.475 e. The molecule has 1 atom stereocenters. The Kier molecular flexibility index (Phi) is 6.65. The van der Waals surface area contributed by atoms with Crippen LogP contribution >= 0.6 is 21.6 Å². The van der Waals surface area contributed by atoms with Gasteiger partial charge < -0.3 is 4.74 Å². The van der Waals surface area contributed by atoms with Gasteiger partial charge in [0.1, 0.15) is 29.8 Å². The van der Waals surface area contributed by atoms with Gasteiger partial charge in [0.15, 0.2) is 0 Å². The minimum absolute atomic E-state index is 0.0278. The van der Waals surface area contributed by atoms with Crippen molar-refractivity contribution < 1.29 is 13.5 Å². The Balaban J connectivity index is 1.18. The SMILES string of the molecule is Fc1cccc(F)c1C1=NC(c2ccc(CSSCc3cccc4ccccc34)cc2)CO1. The minimum Gasteiger partial charge on any atom is -0.475 e. The Morgan fingerprint density at radius 2 is 1.48 bits per heavy atom. The molecule has 33 heavy (non-hydrogen) atoms. The van der Waals surface area contributed by atoms with Crippen molar-refractivity contribution >= 4 is 38.3 Å². The van der Waals surface area contributed by atoms with Crippen LogP contribution in [0.1, 0.15) is 28.3 Å². The average molecular weight is 478 g/mol. The first kappa shape index (κ1) is 22.0. The van der Waals surface area contributed by atoms with Gasteiger partial charge in [-0.25, -0.2) is 13.8 Å². The lowest BCUT2D eigenvalue weighted by molar-refractivity contribution is 0.317. The van der Waals surface area contributed by atoms with Crippen LogP contribution in [0.25, 0.3) is 10.8 Å². The van der Waals surface area contributed by atoms with Gasteiger partial charge in [0.25, 0.3) is 0 Å². The van der Waals surface area contributed by atoms with Gasteiger partial charge in [-0.2, -0.15) is 0 Å². The molecule has 0 saturated carbocycles. The van der Waals surface area contributed by atoms with E-state index >= 15 is 0 Å². The predicted octanol–water partition coefficient (Wildman–Crippen LogP) is 7.72. The summed E-state index contributed by atoms with van der Waals surface area (Å²) in [6, 6.07) is 26.6. The molecule has 1 heterocycles. The van der Waals surface area contributed by atoms with Crippen molar-refractivity contribution in [2.24, 2.45) is 4.99 Å². The third-order valence-corrected chi connectivity index (χ3v) is 7.85. The molecule has 0 bridgehead atoms. The zero-order valence-electron chi connectivity index (χ0n) is 17.7. The van der Waals surface area contributed by atoms with Crippen molar-refractivity contribution in [1.29, 1.82) is 0 Å². The molecule has 0 fully saturated rings. The van der Waals surface area contributed by atoms with E-state index in [1.165, 1.54) is 40.1 Å². The molecule has 1 unspecified atom stereocenters. The van der Waals surface area contributed by atoms with Crippen LogP contribution in [-0.4, -0.2) is 12.5 Å². The van der Waals surface area contributed by atoms with Gasteiger partial charge in [-0.05, 0) is 39.6 Å². The molecule has 166 valence electrons. The summed E-state index contributed by atoms with van der Waals surface area (Å²) < 4.78 is 33.5. The molecule has 0 aromatic heterocycles. The van der Waals surface area contributed by atoms with E-state index in [-0.39, 0.29) is 24.1 Å². The third-order valence-electron chi connectivity index (χ3n) is 5.60. The lowest BCUT2D eigenvalue weighted by Crippen LogP contribution is -2.07. The molecule has 5 rings (SSSR count). The summed E-state index contributed by atoms with van der Waals surface area (Å²) in [5.74, 6) is 0.546. The Hall–Kier alpha value is -2.83. The highest BCUT2D eigenvalue weighted by Crippen LogP contribution is 2.33. The fraction of sp³-hybridized carbons (Fsp3) is 0.148. The Morgan fingerprint density at radius 3 is 2.30 bits per heavy atom. The first-order valence-corrected chi connectivity index (χ1v) is 13.1. The molecule has 0 amide bonds. The van der Waals surface area contributed by atoms with Crippen molar-refractivity contribution in [2.75, 3.05) is 6.61 Å². The van der Waals surface area contributed by atoms with Crippen LogP contribution in [-0.2, 0) is 16.2 Å². The van der Waals surface area contributed by atoms with Crippen LogP contribution in [0.4, 0.5) is 8.78 Å². The summed E-state index contributed by atoms with van der Waals surface area (Å²) in [4.78, 5) is 4.42. The van der Waals surface area contributed by atoms with Crippen LogP contribution in [0.2, 0.25) is 0 Å². The summed E-state index contributed by atoms with van der Waals surface area (Å²) in [5, 5.41) is 2.59. The monoisotopic (exact) mass is 477 g/mol. The number of rotatable bonds is 7. The van der Waals surface area contributed by atoms with Gasteiger partial charge in [-0.1, -0.05) is 94.4 Å². The second-order valence-corrected chi connectivity index (χ2v) is 10.2. The van der Waals surface area contributed by atoms with Gasteiger partial charge in [0.05, 0.1) is 0 Å². The van der Waals surface area contributed by atoms with E-state index in [2.05, 4.69) is 59.6 Å². The summed E-state index contributed by atoms with van der Waals surface area (Å²) in [7, 11) is 3.68. The molecule has 0 saturated heterocycles. The molecule has 1 aliphatic heterocycles. The maximum Gasteiger partial charge on any atom is 0.222 e. The number of nitrogens with zero attached hydrogens (tertiary/aromatic N) is 1. The smallest absolute Gasteiger partial charge is 0.222 e. The number of benzene rings is 4. The lowest BCUT2D eigenvalue weighted by atomic mass is 10.1. The molecule has 0 aliphatic carbocycles. The van der Waals surface area contributed by atoms with E-state index in [4.69, 9.17) is 4.74 Å². The van der Waals surface area contributed by atoms with Gasteiger partial charge in [-0.15, -0.1) is 0 Å². The molecule has 0 spiro atoms. The van der Waals surface area contributed by atoms with Crippen molar-refractivity contribution in [3.63, 3.8) is 0 Å². The number of hydrogen-bond acceptors (Lipinski definition) is 4. The Labute approximate surface area is 199 Å². The van der Waals surface area contributed by atoms with E-state index in [0.29, 0.717) is 0 Å². The lowest BCUT2D eigenvalue weighted by Gasteiger charge is -2.08. The first-order valence-electron chi connectivity index (χ1n) is 10.6. The highest BCUT2D eigenvalue weighted by atomic mass is 33.1. The Morgan fingerprint density at radius 1 is 0.788 bits per heavy atom. The molecule has 4 aromatic rings. The maximum atomic E-state index is 14.0. The molecular weight excluding hydrogens is 456 g/mol. The van der Waals surface area contributed by atoms with Crippen molar-refractivity contribution in [3.05, 3.63) is 119 Å². The van der Waals surface area contributed by atoms with Crippen molar-refractivity contribution in [3.8, 4) is 0 Å². The normalized spacial score (nSPS) is 15.5. The van der Waals surface area contributed by atoms with Crippen LogP contribution in [0.15, 0.2) is 89.9 Å². The third kappa shape index (κ3) is 4.92. The fourth-order valence-electron chi connectivity index (χ4n) is 3.85. The van der Waals surface area contributed by atoms with E-state index in [0.717, 1.165) is 17.1 Å². The van der Waals surface area contributed by atoms with Crippen molar-refractivity contribution in [2.45, 2.75) is 17.5 Å². The van der Waals surface area contributed by atoms with Crippen molar-refractivity contribution in [1.82, 2.24) is 0 Å². The van der Waals surface area contributed by atoms with Gasteiger partial charge in [0.2, 0.25) is 5.90 Å². The number of aliphatic imine (C=N–C) groups is 1. The maximum absolute atomic E-state index is 14.0. The van der Waals surface area contributed by atoms with E-state index in [1.54, 1.807) is 0 Å². The van der Waals surface area contributed by atoms with E-state index in [1.807, 2.05) is 33.7 Å². The Bertz CT molecular complexity index is 1280. The molecule has 0 radical (unpaired) electrons. The quantitative estimate of drug-likeness (QED) is 0.201. The molecule has 0 N–H and O–H groups in total. The van der Waals surface area contributed by atoms with Crippen LogP contribution in [0, 0.1) is 11.6 Å². The zero-order valence-corrected chi connectivity index (χ0v) is 19.3. The van der Waals surface area contributed by atoms with Gasteiger partial charge in [-0.3, -0.25) is 0 Å². The summed E-state index contributed by atoms with van der Waals surface area (Å²) in [6.45, 7) is 0.276. The molecule has 1 aliphatic rings. The standard InChI is InChI=1S/C27H21F2NOS2/c28-23-9-4-10-24(29)26(23)27-30-25(15-31-27)20-13-11-18(12-14-20)16-32-33-17-21-7-3-6-19-5-1-2-8-22(19)21/h1-14,25H,15-17H2. The topological polar surface area (TPSA) is 21.6 Å². The number of ether oxygens (including phenoxy) is 1.